The number of aromatic nitrogens is 6. The highest BCUT2D eigenvalue weighted by molar-refractivity contribution is 6.26. The van der Waals surface area contributed by atoms with E-state index >= 15 is 0 Å². The van der Waals surface area contributed by atoms with E-state index in [1.54, 1.807) is 0 Å². The summed E-state index contributed by atoms with van der Waals surface area (Å²) in [4.78, 5) is 12.1. The standard InChI is InChI=1S/C95H59N7/c96-60-79-86(75-51-27-47-71-67-43-19-23-55-82(67)99(91(71)75)63-35-11-3-12-36-63)88(77-53-29-49-73-69-45-21-25-57-84(69)101(93(73)77)65-39-15-5-16-40-65)89(78-54-30-50-74-70-46-22-26-58-85(70)102(94(74)78)66-41-17-6-18-42-66)90(95-97-80(61-31-7-1-8-32-61)59-81(98-95)62-33-9-2-10-34-62)87(79)76-52-28-48-72-68-44-20-24-56-83(68)100(92(72)76)64-37-13-4-14-38-64/h1-59H. The van der Waals surface area contributed by atoms with E-state index < -0.39 is 0 Å². The quantitative estimate of drug-likeness (QED) is 0.130. The van der Waals surface area contributed by atoms with Crippen molar-refractivity contribution in [2.45, 2.75) is 0 Å². The van der Waals surface area contributed by atoms with Crippen LogP contribution < -0.4 is 0 Å². The highest BCUT2D eigenvalue weighted by Gasteiger charge is 2.36. The molecule has 0 radical (unpaired) electrons. The van der Waals surface area contributed by atoms with Crippen LogP contribution in [-0.4, -0.2) is 28.2 Å². The van der Waals surface area contributed by atoms with E-state index in [-0.39, 0.29) is 0 Å². The van der Waals surface area contributed by atoms with E-state index in [4.69, 9.17) is 9.97 Å². The van der Waals surface area contributed by atoms with E-state index in [0.717, 1.165) is 171 Å². The molecular weight excluding hydrogens is 1240 g/mol. The fourth-order valence-electron chi connectivity index (χ4n) is 16.5. The monoisotopic (exact) mass is 1300 g/mol. The first-order chi connectivity index (χ1) is 50.7. The van der Waals surface area contributed by atoms with Crippen LogP contribution in [0.2, 0.25) is 0 Å². The smallest absolute Gasteiger partial charge is 0.161 e. The first-order valence-corrected chi connectivity index (χ1v) is 34.6. The Morgan fingerprint density at radius 3 is 0.775 bits per heavy atom. The Kier molecular flexibility index (Phi) is 13.5. The molecule has 20 rings (SSSR count). The minimum absolute atomic E-state index is 0.454. The van der Waals surface area contributed by atoms with E-state index in [1.165, 1.54) is 0 Å². The average molecular weight is 1300 g/mol. The van der Waals surface area contributed by atoms with Crippen molar-refractivity contribution in [1.29, 1.82) is 5.26 Å². The van der Waals surface area contributed by atoms with E-state index in [0.29, 0.717) is 22.5 Å². The molecule has 5 heterocycles. The van der Waals surface area contributed by atoms with E-state index in [2.05, 4.69) is 382 Å². The molecule has 0 unspecified atom stereocenters. The molecular formula is C95H59N7. The molecule has 0 aliphatic heterocycles. The molecule has 20 aromatic rings. The Morgan fingerprint density at radius 1 is 0.225 bits per heavy atom. The molecule has 0 saturated heterocycles. The van der Waals surface area contributed by atoms with Crippen molar-refractivity contribution in [3.05, 3.63) is 363 Å². The number of rotatable bonds is 11. The molecule has 102 heavy (non-hydrogen) atoms. The topological polar surface area (TPSA) is 69.3 Å². The van der Waals surface area contributed by atoms with Gasteiger partial charge in [-0.3, -0.25) is 0 Å². The summed E-state index contributed by atoms with van der Waals surface area (Å²) < 4.78 is 9.71. The van der Waals surface area contributed by atoms with Crippen LogP contribution in [0.1, 0.15) is 5.56 Å². The van der Waals surface area contributed by atoms with Gasteiger partial charge in [-0.05, 0) is 78.9 Å². The average Bonchev–Trinajstić information content (AvgIpc) is 1.29. The summed E-state index contributed by atoms with van der Waals surface area (Å²) in [5.41, 5.74) is 23.2. The Morgan fingerprint density at radius 2 is 0.471 bits per heavy atom. The normalized spacial score (nSPS) is 11.7. The summed E-state index contributed by atoms with van der Waals surface area (Å²) in [6.45, 7) is 0. The SMILES string of the molecule is N#Cc1c(-c2cccc3c4ccccc4n(-c4ccccc4)c23)c(-c2nc(-c3ccccc3)cc(-c3ccccc3)n2)c(-c2cccc3c4ccccc4n(-c4ccccc4)c23)c(-c2cccc3c4ccccc4n(-c4ccccc4)c23)c1-c1cccc2c3ccccc3n(-c3ccccc3)c12. The maximum atomic E-state index is 13.7. The molecule has 0 N–H and O–H groups in total. The second-order valence-electron chi connectivity index (χ2n) is 26.1. The lowest BCUT2D eigenvalue weighted by molar-refractivity contribution is 1.17. The van der Waals surface area contributed by atoms with Gasteiger partial charge in [-0.15, -0.1) is 0 Å². The number of fused-ring (bicyclic) bond motifs is 12. The highest BCUT2D eigenvalue weighted by atomic mass is 15.0. The number of nitriles is 1. The lowest BCUT2D eigenvalue weighted by atomic mass is 9.76. The number of nitrogens with zero attached hydrogens (tertiary/aromatic N) is 7. The second-order valence-corrected chi connectivity index (χ2v) is 26.1. The van der Waals surface area contributed by atoms with Crippen molar-refractivity contribution >= 4 is 87.2 Å². The van der Waals surface area contributed by atoms with Gasteiger partial charge in [0.25, 0.3) is 0 Å². The third-order valence-electron chi connectivity index (χ3n) is 20.6. The Bertz CT molecular complexity index is 6720. The highest BCUT2D eigenvalue weighted by Crippen LogP contribution is 2.58. The predicted molar refractivity (Wildman–Crippen MR) is 422 cm³/mol. The maximum Gasteiger partial charge on any atom is 0.161 e. The van der Waals surface area contributed by atoms with Crippen LogP contribution in [0.3, 0.4) is 0 Å². The molecule has 0 saturated carbocycles. The molecule has 5 aromatic heterocycles. The van der Waals surface area contributed by atoms with Gasteiger partial charge in [-0.25, -0.2) is 9.97 Å². The molecule has 15 aromatic carbocycles. The number of hydrogen-bond acceptors (Lipinski definition) is 3. The van der Waals surface area contributed by atoms with Crippen molar-refractivity contribution in [2.75, 3.05) is 0 Å². The molecule has 7 nitrogen and oxygen atoms in total. The Hall–Kier alpha value is -13.9. The molecule has 0 aliphatic rings. The number of para-hydroxylation sites is 12. The van der Waals surface area contributed by atoms with Crippen LogP contribution >= 0.6 is 0 Å². The molecule has 7 heteroatoms. The third-order valence-corrected chi connectivity index (χ3v) is 20.6. The first kappa shape index (κ1) is 58.2. The molecule has 0 bridgehead atoms. The van der Waals surface area contributed by atoms with Crippen LogP contribution in [0.4, 0.5) is 0 Å². The van der Waals surface area contributed by atoms with Gasteiger partial charge in [0.2, 0.25) is 0 Å². The second kappa shape index (κ2) is 23.7. The van der Waals surface area contributed by atoms with Crippen LogP contribution in [0.5, 0.6) is 0 Å². The van der Waals surface area contributed by atoms with Gasteiger partial charge in [-0.1, -0.05) is 279 Å². The maximum absolute atomic E-state index is 13.7. The van der Waals surface area contributed by atoms with Crippen molar-refractivity contribution in [3.63, 3.8) is 0 Å². The summed E-state index contributed by atoms with van der Waals surface area (Å²) in [6, 6.07) is 131. The summed E-state index contributed by atoms with van der Waals surface area (Å²) in [6.07, 6.45) is 0. The summed E-state index contributed by atoms with van der Waals surface area (Å²) in [7, 11) is 0. The first-order valence-electron chi connectivity index (χ1n) is 34.6. The van der Waals surface area contributed by atoms with Crippen molar-refractivity contribution in [3.8, 4) is 107 Å². The Labute approximate surface area is 587 Å². The molecule has 0 spiro atoms. The van der Waals surface area contributed by atoms with Gasteiger partial charge in [0.15, 0.2) is 5.82 Å². The minimum atomic E-state index is 0.454. The van der Waals surface area contributed by atoms with Crippen molar-refractivity contribution in [1.82, 2.24) is 28.2 Å². The number of hydrogen-bond donors (Lipinski definition) is 0. The zero-order chi connectivity index (χ0) is 67.4. The van der Waals surface area contributed by atoms with Gasteiger partial charge in [0, 0.05) is 127 Å². The van der Waals surface area contributed by atoms with Gasteiger partial charge >= 0.3 is 0 Å². The number of benzene rings is 15. The van der Waals surface area contributed by atoms with Crippen LogP contribution in [0, 0.1) is 11.3 Å². The lowest BCUT2D eigenvalue weighted by Gasteiger charge is -2.28. The predicted octanol–water partition coefficient (Wildman–Crippen LogP) is 24.4. The van der Waals surface area contributed by atoms with Gasteiger partial charge in [-0.2, -0.15) is 5.26 Å². The van der Waals surface area contributed by atoms with Gasteiger partial charge in [0.05, 0.1) is 61.1 Å². The summed E-state index contributed by atoms with van der Waals surface area (Å²) >= 11 is 0. The Balaban J connectivity index is 1.12. The largest absolute Gasteiger partial charge is 0.309 e. The molecule has 0 amide bonds. The van der Waals surface area contributed by atoms with Crippen molar-refractivity contribution in [2.24, 2.45) is 0 Å². The zero-order valence-corrected chi connectivity index (χ0v) is 55.2. The summed E-state index contributed by atoms with van der Waals surface area (Å²) in [5, 5.41) is 22.3. The van der Waals surface area contributed by atoms with Crippen LogP contribution in [0.15, 0.2) is 358 Å². The molecule has 0 atom stereocenters. The molecule has 0 aliphatic carbocycles. The molecule has 0 fully saturated rings. The third kappa shape index (κ3) is 8.93. The zero-order valence-electron chi connectivity index (χ0n) is 55.2. The van der Waals surface area contributed by atoms with Crippen LogP contribution in [-0.2, 0) is 0 Å². The fraction of sp³-hybridized carbons (Fsp3) is 0. The van der Waals surface area contributed by atoms with Gasteiger partial charge in [0.1, 0.15) is 6.07 Å². The van der Waals surface area contributed by atoms with E-state index in [1.807, 2.05) is 0 Å². The van der Waals surface area contributed by atoms with E-state index in [9.17, 15) is 5.26 Å². The van der Waals surface area contributed by atoms with Crippen LogP contribution in [0.25, 0.3) is 188 Å². The fourth-order valence-corrected chi connectivity index (χ4v) is 16.5. The minimum Gasteiger partial charge on any atom is -0.309 e. The molecule has 474 valence electrons. The van der Waals surface area contributed by atoms with Crippen molar-refractivity contribution < 1.29 is 0 Å². The lowest BCUT2D eigenvalue weighted by Crippen LogP contribution is -2.08. The summed E-state index contributed by atoms with van der Waals surface area (Å²) in [5.74, 6) is 0.454. The van der Waals surface area contributed by atoms with Gasteiger partial charge < -0.3 is 18.3 Å².